The van der Waals surface area contributed by atoms with Gasteiger partial charge in [0.25, 0.3) is 5.56 Å². The van der Waals surface area contributed by atoms with Crippen LogP contribution in [0.3, 0.4) is 0 Å². The number of hydrogen-bond donors (Lipinski definition) is 0. The molecule has 0 saturated heterocycles. The third-order valence-electron chi connectivity index (χ3n) is 4.41. The molecule has 0 atom stereocenters. The lowest BCUT2D eigenvalue weighted by Crippen LogP contribution is -2.19. The van der Waals surface area contributed by atoms with Gasteiger partial charge in [0.15, 0.2) is 0 Å². The Morgan fingerprint density at radius 2 is 1.12 bits per heavy atom. The number of nitrogens with zero attached hydrogens (tertiary/aromatic N) is 1. The average molecular weight is 311 g/mol. The summed E-state index contributed by atoms with van der Waals surface area (Å²) in [4.78, 5) is 12.9. The first-order valence-corrected chi connectivity index (χ1v) is 8.00. The van der Waals surface area contributed by atoms with Crippen LogP contribution in [0.15, 0.2) is 89.7 Å². The van der Waals surface area contributed by atoms with Gasteiger partial charge in [-0.05, 0) is 22.6 Å². The van der Waals surface area contributed by atoms with Gasteiger partial charge in [-0.2, -0.15) is 0 Å². The molecule has 0 fully saturated rings. The Bertz CT molecular complexity index is 1060. The van der Waals surface area contributed by atoms with Gasteiger partial charge in [0, 0.05) is 18.0 Å². The van der Waals surface area contributed by atoms with E-state index in [0.29, 0.717) is 0 Å². The molecule has 0 spiro atoms. The number of aromatic nitrogens is 1. The van der Waals surface area contributed by atoms with Crippen LogP contribution in [0.25, 0.3) is 33.2 Å². The largest absolute Gasteiger partial charge is 0.310 e. The van der Waals surface area contributed by atoms with Crippen LogP contribution in [0.4, 0.5) is 0 Å². The van der Waals surface area contributed by atoms with Crippen LogP contribution in [0, 0.1) is 0 Å². The summed E-state index contributed by atoms with van der Waals surface area (Å²) in [6.45, 7) is 0. The van der Waals surface area contributed by atoms with Crippen molar-refractivity contribution >= 4 is 10.8 Å². The molecule has 0 unspecified atom stereocenters. The quantitative estimate of drug-likeness (QED) is 0.517. The molecule has 3 aromatic carbocycles. The van der Waals surface area contributed by atoms with Crippen molar-refractivity contribution in [2.75, 3.05) is 0 Å². The number of rotatable bonds is 2. The van der Waals surface area contributed by atoms with Crippen molar-refractivity contribution in [2.45, 2.75) is 0 Å². The predicted molar refractivity (Wildman–Crippen MR) is 100 cm³/mol. The Balaban J connectivity index is 2.22. The smallest absolute Gasteiger partial charge is 0.258 e. The minimum Gasteiger partial charge on any atom is -0.310 e. The fourth-order valence-corrected chi connectivity index (χ4v) is 3.30. The SMILES string of the molecule is Cn1c(-c2ccccc2)c(-c2ccccc2)c2ccccc2c1=O. The number of pyridine rings is 1. The Morgan fingerprint density at radius 3 is 1.75 bits per heavy atom. The van der Waals surface area contributed by atoms with E-state index in [0.717, 1.165) is 33.2 Å². The summed E-state index contributed by atoms with van der Waals surface area (Å²) >= 11 is 0. The highest BCUT2D eigenvalue weighted by molar-refractivity contribution is 6.02. The lowest BCUT2D eigenvalue weighted by molar-refractivity contribution is 0.885. The predicted octanol–water partition coefficient (Wildman–Crippen LogP) is 4.87. The molecular weight excluding hydrogens is 294 g/mol. The van der Waals surface area contributed by atoms with Gasteiger partial charge in [-0.1, -0.05) is 78.9 Å². The van der Waals surface area contributed by atoms with Gasteiger partial charge in [0.05, 0.1) is 5.69 Å². The monoisotopic (exact) mass is 311 g/mol. The summed E-state index contributed by atoms with van der Waals surface area (Å²) < 4.78 is 1.76. The molecule has 2 heteroatoms. The Kier molecular flexibility index (Phi) is 3.51. The first-order valence-electron chi connectivity index (χ1n) is 8.00. The van der Waals surface area contributed by atoms with E-state index in [1.54, 1.807) is 4.57 Å². The number of benzene rings is 3. The fraction of sp³-hybridized carbons (Fsp3) is 0.0455. The van der Waals surface area contributed by atoms with Crippen LogP contribution in [-0.4, -0.2) is 4.57 Å². The molecule has 0 amide bonds. The topological polar surface area (TPSA) is 22.0 Å². The van der Waals surface area contributed by atoms with E-state index in [-0.39, 0.29) is 5.56 Å². The van der Waals surface area contributed by atoms with Crippen LogP contribution < -0.4 is 5.56 Å². The molecule has 0 aliphatic rings. The molecule has 4 rings (SSSR count). The number of fused-ring (bicyclic) bond motifs is 1. The highest BCUT2D eigenvalue weighted by Crippen LogP contribution is 2.36. The number of hydrogen-bond acceptors (Lipinski definition) is 1. The normalized spacial score (nSPS) is 10.9. The molecule has 0 aliphatic heterocycles. The fourth-order valence-electron chi connectivity index (χ4n) is 3.30. The first-order chi connectivity index (χ1) is 11.8. The second-order valence-corrected chi connectivity index (χ2v) is 5.87. The summed E-state index contributed by atoms with van der Waals surface area (Å²) in [5, 5.41) is 1.74. The zero-order valence-corrected chi connectivity index (χ0v) is 13.4. The van der Waals surface area contributed by atoms with Gasteiger partial charge < -0.3 is 4.57 Å². The summed E-state index contributed by atoms with van der Waals surface area (Å²) in [7, 11) is 1.85. The van der Waals surface area contributed by atoms with Gasteiger partial charge in [-0.3, -0.25) is 4.79 Å². The molecule has 0 radical (unpaired) electrons. The second kappa shape index (κ2) is 5.82. The van der Waals surface area contributed by atoms with Crippen LogP contribution in [0.5, 0.6) is 0 Å². The lowest BCUT2D eigenvalue weighted by Gasteiger charge is -2.18. The highest BCUT2D eigenvalue weighted by atomic mass is 16.1. The van der Waals surface area contributed by atoms with E-state index >= 15 is 0 Å². The summed E-state index contributed by atoms with van der Waals surface area (Å²) in [6, 6.07) is 28.2. The van der Waals surface area contributed by atoms with Crippen molar-refractivity contribution in [1.82, 2.24) is 4.57 Å². The van der Waals surface area contributed by atoms with Crippen molar-refractivity contribution in [3.8, 4) is 22.4 Å². The van der Waals surface area contributed by atoms with Crippen LogP contribution in [0.1, 0.15) is 0 Å². The van der Waals surface area contributed by atoms with Gasteiger partial charge in [0.1, 0.15) is 0 Å². The summed E-state index contributed by atoms with van der Waals surface area (Å²) in [5.41, 5.74) is 4.24. The average Bonchev–Trinajstić information content (AvgIpc) is 2.66. The maximum absolute atomic E-state index is 12.9. The van der Waals surface area contributed by atoms with E-state index in [1.165, 1.54) is 0 Å². The Hall–Kier alpha value is -3.13. The molecule has 24 heavy (non-hydrogen) atoms. The van der Waals surface area contributed by atoms with E-state index in [1.807, 2.05) is 67.7 Å². The van der Waals surface area contributed by atoms with Crippen LogP contribution in [-0.2, 0) is 7.05 Å². The van der Waals surface area contributed by atoms with Crippen molar-refractivity contribution in [3.63, 3.8) is 0 Å². The van der Waals surface area contributed by atoms with Crippen molar-refractivity contribution in [2.24, 2.45) is 7.05 Å². The van der Waals surface area contributed by atoms with E-state index < -0.39 is 0 Å². The van der Waals surface area contributed by atoms with Gasteiger partial charge in [0.2, 0.25) is 0 Å². The van der Waals surface area contributed by atoms with E-state index in [2.05, 4.69) is 24.3 Å². The molecule has 4 aromatic rings. The highest BCUT2D eigenvalue weighted by Gasteiger charge is 2.17. The van der Waals surface area contributed by atoms with Crippen LogP contribution >= 0.6 is 0 Å². The standard InChI is InChI=1S/C22H17NO/c1-23-21(17-12-6-3-7-13-17)20(16-10-4-2-5-11-16)18-14-8-9-15-19(18)22(23)24/h2-15H,1H3. The maximum atomic E-state index is 12.9. The molecule has 0 saturated carbocycles. The van der Waals surface area contributed by atoms with Gasteiger partial charge in [-0.15, -0.1) is 0 Å². The van der Waals surface area contributed by atoms with Gasteiger partial charge in [-0.25, -0.2) is 0 Å². The third kappa shape index (κ3) is 2.24. The second-order valence-electron chi connectivity index (χ2n) is 5.87. The minimum absolute atomic E-state index is 0.0316. The van der Waals surface area contributed by atoms with Crippen molar-refractivity contribution in [3.05, 3.63) is 95.3 Å². The van der Waals surface area contributed by atoms with Gasteiger partial charge >= 0.3 is 0 Å². The molecular formula is C22H17NO. The minimum atomic E-state index is 0.0316. The Labute approximate surface area is 140 Å². The van der Waals surface area contributed by atoms with Crippen molar-refractivity contribution < 1.29 is 0 Å². The molecule has 1 heterocycles. The third-order valence-corrected chi connectivity index (χ3v) is 4.41. The first kappa shape index (κ1) is 14.5. The molecule has 2 nitrogen and oxygen atoms in total. The summed E-state index contributed by atoms with van der Waals surface area (Å²) in [5.74, 6) is 0. The molecule has 116 valence electrons. The van der Waals surface area contributed by atoms with Crippen LogP contribution in [0.2, 0.25) is 0 Å². The Morgan fingerprint density at radius 1 is 0.625 bits per heavy atom. The summed E-state index contributed by atoms with van der Waals surface area (Å²) in [6.07, 6.45) is 0. The zero-order valence-electron chi connectivity index (χ0n) is 13.4. The van der Waals surface area contributed by atoms with E-state index in [4.69, 9.17) is 0 Å². The zero-order chi connectivity index (χ0) is 16.5. The molecule has 1 aromatic heterocycles. The molecule has 0 N–H and O–H groups in total. The molecule has 0 aliphatic carbocycles. The maximum Gasteiger partial charge on any atom is 0.258 e. The van der Waals surface area contributed by atoms with E-state index in [9.17, 15) is 4.79 Å². The van der Waals surface area contributed by atoms with Crippen molar-refractivity contribution in [1.29, 1.82) is 0 Å². The lowest BCUT2D eigenvalue weighted by atomic mass is 9.94. The molecule has 0 bridgehead atoms.